The Balaban J connectivity index is 2.52. The molecule has 5 amide bonds. The molecule has 0 unspecified atom stereocenters. The lowest BCUT2D eigenvalue weighted by molar-refractivity contribution is -0.150. The Hall–Kier alpha value is -2.81. The van der Waals surface area contributed by atoms with Gasteiger partial charge >= 0.3 is 0 Å². The lowest BCUT2D eigenvalue weighted by Gasteiger charge is -2.36. The number of likely N-dealkylation sites (N-methyl/N-ethyl adjacent to an activating group) is 1. The van der Waals surface area contributed by atoms with Gasteiger partial charge in [0.1, 0.15) is 30.4 Å². The largest absolute Gasteiger partial charge is 0.394 e. The molecule has 7 atom stereocenters. The highest BCUT2D eigenvalue weighted by atomic mass is 16.5. The summed E-state index contributed by atoms with van der Waals surface area (Å²) < 4.78 is 12.0. The molecule has 0 bridgehead atoms. The number of aliphatic hydroxyl groups excluding tert-OH is 1. The van der Waals surface area contributed by atoms with Crippen molar-refractivity contribution in [2.45, 2.75) is 148 Å². The van der Waals surface area contributed by atoms with Crippen molar-refractivity contribution in [3.63, 3.8) is 0 Å². The molecule has 14 nitrogen and oxygen atoms in total. The summed E-state index contributed by atoms with van der Waals surface area (Å²) in [4.78, 5) is 70.2. The lowest BCUT2D eigenvalue weighted by atomic mass is 9.83. The van der Waals surface area contributed by atoms with Crippen LogP contribution in [0.1, 0.15) is 111 Å². The van der Waals surface area contributed by atoms with Crippen molar-refractivity contribution in [1.29, 1.82) is 0 Å². The number of ether oxygens (including phenoxy) is 2. The van der Waals surface area contributed by atoms with E-state index >= 15 is 0 Å². The fourth-order valence-electron chi connectivity index (χ4n) is 6.63. The third kappa shape index (κ3) is 13.8. The van der Waals surface area contributed by atoms with E-state index < -0.39 is 72.7 Å². The summed E-state index contributed by atoms with van der Waals surface area (Å²) in [6.45, 7) is 7.20. The normalized spacial score (nSPS) is 29.0. The minimum Gasteiger partial charge on any atom is -0.394 e. The van der Waals surface area contributed by atoms with E-state index in [0.29, 0.717) is 45.1 Å². The molecular formula is C35H64N6O8. The average molecular weight is 697 g/mol. The van der Waals surface area contributed by atoms with Crippen LogP contribution in [0.4, 0.5) is 0 Å². The molecule has 2 rings (SSSR count). The standard InChI is InChI=1S/C35H64N6O8/c1-6-8-9-13-18-29-23(3)35(47)41(5)28(15-7-2)33(45)40-30(25-16-11-10-12-17-25)34(46)38-26(21-42)31(43)39-27(22-48-20-14-19-36)32(44)37-24(4)49-29/h23-30,42H,6-22,36H2,1-5H3,(H,37,44)(H,38,46)(H,39,43)(H,40,45)/t23-,24+,26+,27+,28+,29-,30+/m1/s1. The second-order valence-corrected chi connectivity index (χ2v) is 13.6. The third-order valence-corrected chi connectivity index (χ3v) is 9.62. The molecule has 7 N–H and O–H groups in total. The van der Waals surface area contributed by atoms with Crippen molar-refractivity contribution in [2.24, 2.45) is 17.6 Å². The van der Waals surface area contributed by atoms with Gasteiger partial charge in [-0.15, -0.1) is 0 Å². The van der Waals surface area contributed by atoms with Gasteiger partial charge < -0.3 is 46.5 Å². The van der Waals surface area contributed by atoms with Gasteiger partial charge in [0.05, 0.1) is 25.2 Å². The van der Waals surface area contributed by atoms with Crippen LogP contribution in [0.15, 0.2) is 0 Å². The zero-order valence-electron chi connectivity index (χ0n) is 30.5. The molecule has 1 saturated carbocycles. The van der Waals surface area contributed by atoms with E-state index in [1.807, 2.05) is 6.92 Å². The van der Waals surface area contributed by atoms with Gasteiger partial charge in [0.15, 0.2) is 0 Å². The van der Waals surface area contributed by atoms with Crippen molar-refractivity contribution in [2.75, 3.05) is 33.4 Å². The van der Waals surface area contributed by atoms with Crippen LogP contribution in [0.5, 0.6) is 0 Å². The van der Waals surface area contributed by atoms with Crippen LogP contribution in [-0.4, -0.2) is 109 Å². The van der Waals surface area contributed by atoms with Gasteiger partial charge in [-0.1, -0.05) is 72.1 Å². The number of rotatable bonds is 14. The smallest absolute Gasteiger partial charge is 0.246 e. The number of nitrogens with two attached hydrogens (primary N) is 1. The number of hydrogen-bond donors (Lipinski definition) is 6. The van der Waals surface area contributed by atoms with E-state index in [9.17, 15) is 29.1 Å². The highest BCUT2D eigenvalue weighted by Gasteiger charge is 2.39. The number of amides is 5. The highest BCUT2D eigenvalue weighted by molar-refractivity contribution is 5.96. The van der Waals surface area contributed by atoms with Gasteiger partial charge in [-0.2, -0.15) is 0 Å². The van der Waals surface area contributed by atoms with Crippen LogP contribution < -0.4 is 27.0 Å². The molecule has 1 aliphatic heterocycles. The number of aliphatic hydroxyl groups is 1. The van der Waals surface area contributed by atoms with Gasteiger partial charge in [0.2, 0.25) is 29.5 Å². The number of nitrogens with one attached hydrogen (secondary N) is 4. The number of carbonyl (C=O) groups excluding carboxylic acids is 5. The zero-order valence-corrected chi connectivity index (χ0v) is 30.5. The van der Waals surface area contributed by atoms with Gasteiger partial charge in [0, 0.05) is 13.7 Å². The molecule has 1 aliphatic carbocycles. The SMILES string of the molecule is CCCCCC[C@H]1O[C@@H](C)NC(=O)[C@H](COCCCN)NC(=O)[C@H](CO)NC(=O)[C@H](C2CCCCC2)NC(=O)[C@H](CCC)N(C)C(=O)[C@@H]1C. The molecule has 1 saturated heterocycles. The summed E-state index contributed by atoms with van der Waals surface area (Å²) in [5.41, 5.74) is 5.58. The first-order valence-corrected chi connectivity index (χ1v) is 18.5. The van der Waals surface area contributed by atoms with E-state index in [-0.39, 0.29) is 25.0 Å². The van der Waals surface area contributed by atoms with E-state index in [4.69, 9.17) is 15.2 Å². The maximum Gasteiger partial charge on any atom is 0.246 e. The number of carbonyl (C=O) groups is 5. The zero-order chi connectivity index (χ0) is 36.3. The third-order valence-electron chi connectivity index (χ3n) is 9.62. The maximum absolute atomic E-state index is 14.0. The summed E-state index contributed by atoms with van der Waals surface area (Å²) in [7, 11) is 1.60. The van der Waals surface area contributed by atoms with Crippen molar-refractivity contribution >= 4 is 29.5 Å². The number of nitrogens with zero attached hydrogens (tertiary/aromatic N) is 1. The predicted molar refractivity (Wildman–Crippen MR) is 186 cm³/mol. The Labute approximate surface area is 292 Å². The maximum atomic E-state index is 14.0. The van der Waals surface area contributed by atoms with E-state index in [2.05, 4.69) is 28.2 Å². The lowest BCUT2D eigenvalue weighted by Crippen LogP contribution is -2.62. The van der Waals surface area contributed by atoms with Crippen LogP contribution in [-0.2, 0) is 33.4 Å². The first-order valence-electron chi connectivity index (χ1n) is 18.5. The summed E-state index contributed by atoms with van der Waals surface area (Å²) >= 11 is 0. The molecule has 2 fully saturated rings. The fraction of sp³-hybridized carbons (Fsp3) is 0.857. The van der Waals surface area contributed by atoms with Crippen LogP contribution in [0.3, 0.4) is 0 Å². The minimum atomic E-state index is -1.40. The van der Waals surface area contributed by atoms with Crippen LogP contribution in [0, 0.1) is 11.8 Å². The molecule has 0 aromatic heterocycles. The molecule has 49 heavy (non-hydrogen) atoms. The van der Waals surface area contributed by atoms with Crippen LogP contribution in [0.2, 0.25) is 0 Å². The fourth-order valence-corrected chi connectivity index (χ4v) is 6.63. The number of unbranched alkanes of at least 4 members (excludes halogenated alkanes) is 3. The van der Waals surface area contributed by atoms with E-state index in [1.54, 1.807) is 20.9 Å². The second kappa shape index (κ2) is 22.8. The Morgan fingerprint density at radius 3 is 2.12 bits per heavy atom. The van der Waals surface area contributed by atoms with Gasteiger partial charge in [-0.05, 0) is 51.5 Å². The summed E-state index contributed by atoms with van der Waals surface area (Å²) in [6.07, 6.45) is 8.76. The highest BCUT2D eigenvalue weighted by Crippen LogP contribution is 2.27. The Kier molecular flexibility index (Phi) is 19.7. The van der Waals surface area contributed by atoms with E-state index in [1.165, 1.54) is 4.90 Å². The Bertz CT molecular complexity index is 1040. The first-order chi connectivity index (χ1) is 23.5. The molecule has 282 valence electrons. The van der Waals surface area contributed by atoms with Crippen LogP contribution >= 0.6 is 0 Å². The summed E-state index contributed by atoms with van der Waals surface area (Å²) in [6, 6.07) is -4.40. The molecule has 1 heterocycles. The molecule has 0 spiro atoms. The molecular weight excluding hydrogens is 632 g/mol. The molecule has 0 radical (unpaired) electrons. The first kappa shape index (κ1) is 42.4. The number of hydrogen-bond acceptors (Lipinski definition) is 9. The summed E-state index contributed by atoms with van der Waals surface area (Å²) in [5, 5.41) is 21.1. The average Bonchev–Trinajstić information content (AvgIpc) is 3.09. The quantitative estimate of drug-likeness (QED) is 0.146. The van der Waals surface area contributed by atoms with Crippen LogP contribution in [0.25, 0.3) is 0 Å². The Morgan fingerprint density at radius 2 is 1.49 bits per heavy atom. The Morgan fingerprint density at radius 1 is 0.816 bits per heavy atom. The monoisotopic (exact) mass is 696 g/mol. The van der Waals surface area contributed by atoms with Crippen molar-refractivity contribution in [3.05, 3.63) is 0 Å². The molecule has 2 aliphatic rings. The van der Waals surface area contributed by atoms with Crippen molar-refractivity contribution in [3.8, 4) is 0 Å². The van der Waals surface area contributed by atoms with Gasteiger partial charge in [-0.3, -0.25) is 24.0 Å². The predicted octanol–water partition coefficient (Wildman–Crippen LogP) is 1.47. The van der Waals surface area contributed by atoms with Gasteiger partial charge in [-0.25, -0.2) is 0 Å². The van der Waals surface area contributed by atoms with Crippen molar-refractivity contribution in [1.82, 2.24) is 26.2 Å². The minimum absolute atomic E-state index is 0.184. The topological polar surface area (TPSA) is 201 Å². The molecule has 0 aromatic carbocycles. The van der Waals surface area contributed by atoms with Gasteiger partial charge in [0.25, 0.3) is 0 Å². The van der Waals surface area contributed by atoms with E-state index in [0.717, 1.165) is 44.9 Å². The summed E-state index contributed by atoms with van der Waals surface area (Å²) in [5.74, 6) is -3.53. The van der Waals surface area contributed by atoms with Crippen molar-refractivity contribution < 1.29 is 38.6 Å². The second-order valence-electron chi connectivity index (χ2n) is 13.6. The molecule has 14 heteroatoms. The molecule has 0 aromatic rings.